The maximum absolute atomic E-state index is 12.9. The lowest BCUT2D eigenvalue weighted by Crippen LogP contribution is -2.52. The molecule has 2 fully saturated rings. The third-order valence-electron chi connectivity index (χ3n) is 7.09. The molecule has 5 nitrogen and oxygen atoms in total. The first-order valence-electron chi connectivity index (χ1n) is 11.2. The first-order valence-corrected chi connectivity index (χ1v) is 11.2. The lowest BCUT2D eigenvalue weighted by molar-refractivity contribution is -0.0531. The highest BCUT2D eigenvalue weighted by molar-refractivity contribution is 6.06. The molecule has 2 unspecified atom stereocenters. The second kappa shape index (κ2) is 7.38. The van der Waals surface area contributed by atoms with E-state index >= 15 is 0 Å². The summed E-state index contributed by atoms with van der Waals surface area (Å²) < 4.78 is 11.8. The van der Waals surface area contributed by atoms with E-state index in [1.54, 1.807) is 0 Å². The van der Waals surface area contributed by atoms with Crippen molar-refractivity contribution in [1.29, 1.82) is 0 Å². The van der Waals surface area contributed by atoms with Crippen LogP contribution in [0.4, 0.5) is 4.79 Å². The van der Waals surface area contributed by atoms with E-state index in [9.17, 15) is 9.90 Å². The summed E-state index contributed by atoms with van der Waals surface area (Å²) in [5, 5.41) is 13.9. The summed E-state index contributed by atoms with van der Waals surface area (Å²) in [6.45, 7) is 0.262. The van der Waals surface area contributed by atoms with Gasteiger partial charge < -0.3 is 19.2 Å². The van der Waals surface area contributed by atoms with Gasteiger partial charge in [0.25, 0.3) is 0 Å². The van der Waals surface area contributed by atoms with Crippen LogP contribution >= 0.6 is 0 Å². The standard InChI is InChI=1S/C27H25NO4/c29-26(31-17-18-7-2-1-3-8-18)28-19-13-14-20(28)16-27(30,15-19)23-11-6-10-22-21-9-4-5-12-24(21)32-25(22)23/h1-12,19-20,30H,13-17H2. The number of benzene rings is 3. The molecule has 2 bridgehead atoms. The second-order valence-corrected chi connectivity index (χ2v) is 9.05. The Kier molecular flexibility index (Phi) is 4.47. The summed E-state index contributed by atoms with van der Waals surface area (Å²) in [4.78, 5) is 14.8. The van der Waals surface area contributed by atoms with Crippen molar-refractivity contribution in [2.24, 2.45) is 0 Å². The van der Waals surface area contributed by atoms with Gasteiger partial charge in [-0.15, -0.1) is 0 Å². The predicted octanol–water partition coefficient (Wildman–Crippen LogP) is 5.74. The number of nitrogens with zero attached hydrogens (tertiary/aromatic N) is 1. The number of carbonyl (C=O) groups excluding carboxylic acids is 1. The van der Waals surface area contributed by atoms with Crippen molar-refractivity contribution in [2.75, 3.05) is 0 Å². The molecule has 2 atom stereocenters. The molecule has 1 N–H and O–H groups in total. The van der Waals surface area contributed by atoms with E-state index in [4.69, 9.17) is 9.15 Å². The average molecular weight is 428 g/mol. The van der Waals surface area contributed by atoms with Crippen molar-refractivity contribution >= 4 is 28.0 Å². The summed E-state index contributed by atoms with van der Waals surface area (Å²) >= 11 is 0. The molecule has 2 aliphatic heterocycles. The molecular weight excluding hydrogens is 402 g/mol. The topological polar surface area (TPSA) is 62.9 Å². The van der Waals surface area contributed by atoms with Gasteiger partial charge in [-0.25, -0.2) is 4.79 Å². The summed E-state index contributed by atoms with van der Waals surface area (Å²) in [6.07, 6.45) is 2.44. The highest BCUT2D eigenvalue weighted by Gasteiger charge is 2.51. The SMILES string of the molecule is O=C(OCc1ccccc1)N1C2CCC1CC(O)(c1cccc3c1oc1ccccc13)C2. The maximum Gasteiger partial charge on any atom is 0.410 e. The second-order valence-electron chi connectivity index (χ2n) is 9.05. The van der Waals surface area contributed by atoms with Crippen molar-refractivity contribution in [3.8, 4) is 0 Å². The van der Waals surface area contributed by atoms with Crippen molar-refractivity contribution in [3.63, 3.8) is 0 Å². The van der Waals surface area contributed by atoms with Crippen LogP contribution in [0.2, 0.25) is 0 Å². The van der Waals surface area contributed by atoms with Crippen LogP contribution in [0.1, 0.15) is 36.8 Å². The van der Waals surface area contributed by atoms with Crippen LogP contribution in [0.15, 0.2) is 77.2 Å². The van der Waals surface area contributed by atoms with Crippen LogP contribution in [0, 0.1) is 0 Å². The van der Waals surface area contributed by atoms with Crippen LogP contribution in [0.5, 0.6) is 0 Å². The quantitative estimate of drug-likeness (QED) is 0.453. The Balaban J connectivity index is 1.27. The van der Waals surface area contributed by atoms with Gasteiger partial charge in [0.1, 0.15) is 17.8 Å². The van der Waals surface area contributed by atoms with Gasteiger partial charge in [-0.05, 0) is 24.5 Å². The van der Waals surface area contributed by atoms with Gasteiger partial charge in [0.15, 0.2) is 0 Å². The van der Waals surface area contributed by atoms with Gasteiger partial charge >= 0.3 is 6.09 Å². The molecule has 0 saturated carbocycles. The molecule has 3 aromatic carbocycles. The third-order valence-corrected chi connectivity index (χ3v) is 7.09. The molecule has 1 amide bonds. The Hall–Kier alpha value is -3.31. The number of carbonyl (C=O) groups is 1. The fourth-order valence-corrected chi connectivity index (χ4v) is 5.65. The Bertz CT molecular complexity index is 1280. The van der Waals surface area contributed by atoms with Gasteiger partial charge in [0.05, 0.1) is 5.60 Å². The summed E-state index contributed by atoms with van der Waals surface area (Å²) in [5.74, 6) is 0. The Morgan fingerprint density at radius 2 is 1.62 bits per heavy atom. The van der Waals surface area contributed by atoms with E-state index in [1.807, 2.05) is 77.7 Å². The minimum Gasteiger partial charge on any atom is -0.456 e. The summed E-state index contributed by atoms with van der Waals surface area (Å²) in [6, 6.07) is 23.6. The first-order chi connectivity index (χ1) is 15.6. The molecule has 3 heterocycles. The van der Waals surface area contributed by atoms with Gasteiger partial charge in [0, 0.05) is 41.3 Å². The number of amides is 1. The lowest BCUT2D eigenvalue weighted by Gasteiger charge is -2.43. The first kappa shape index (κ1) is 19.4. The van der Waals surface area contributed by atoms with Gasteiger partial charge in [-0.2, -0.15) is 0 Å². The molecule has 1 aromatic heterocycles. The number of aliphatic hydroxyl groups is 1. The Morgan fingerprint density at radius 3 is 2.41 bits per heavy atom. The number of furan rings is 1. The smallest absolute Gasteiger partial charge is 0.410 e. The summed E-state index contributed by atoms with van der Waals surface area (Å²) in [7, 11) is 0. The summed E-state index contributed by atoms with van der Waals surface area (Å²) in [5.41, 5.74) is 2.33. The van der Waals surface area contributed by atoms with Crippen LogP contribution < -0.4 is 0 Å². The van der Waals surface area contributed by atoms with E-state index in [2.05, 4.69) is 0 Å². The Morgan fingerprint density at radius 1 is 0.938 bits per heavy atom. The van der Waals surface area contributed by atoms with Gasteiger partial charge in [0.2, 0.25) is 0 Å². The molecule has 0 aliphatic carbocycles. The molecule has 162 valence electrons. The van der Waals surface area contributed by atoms with Gasteiger partial charge in [-0.1, -0.05) is 66.7 Å². The minimum absolute atomic E-state index is 0.0401. The van der Waals surface area contributed by atoms with E-state index < -0.39 is 5.60 Å². The molecule has 0 spiro atoms. The predicted molar refractivity (Wildman–Crippen MR) is 122 cm³/mol. The lowest BCUT2D eigenvalue weighted by atomic mass is 9.80. The van der Waals surface area contributed by atoms with E-state index in [-0.39, 0.29) is 24.8 Å². The van der Waals surface area contributed by atoms with Crippen LogP contribution in [-0.4, -0.2) is 28.2 Å². The van der Waals surface area contributed by atoms with Crippen LogP contribution in [-0.2, 0) is 16.9 Å². The zero-order valence-corrected chi connectivity index (χ0v) is 17.7. The van der Waals surface area contributed by atoms with Crippen molar-refractivity contribution < 1.29 is 19.1 Å². The van der Waals surface area contributed by atoms with Crippen molar-refractivity contribution in [1.82, 2.24) is 4.90 Å². The molecule has 2 saturated heterocycles. The molecule has 32 heavy (non-hydrogen) atoms. The molecule has 6 rings (SSSR count). The van der Waals surface area contributed by atoms with E-state index in [1.165, 1.54) is 0 Å². The molecule has 4 aromatic rings. The van der Waals surface area contributed by atoms with E-state index in [0.717, 1.165) is 45.9 Å². The number of hydrogen-bond donors (Lipinski definition) is 1. The fraction of sp³-hybridized carbons (Fsp3) is 0.296. The zero-order valence-electron chi connectivity index (χ0n) is 17.7. The van der Waals surface area contributed by atoms with E-state index in [0.29, 0.717) is 12.8 Å². The third kappa shape index (κ3) is 3.07. The average Bonchev–Trinajstić information content (AvgIpc) is 3.33. The number of fused-ring (bicyclic) bond motifs is 5. The van der Waals surface area contributed by atoms with Crippen LogP contribution in [0.3, 0.4) is 0 Å². The molecule has 5 heteroatoms. The fourth-order valence-electron chi connectivity index (χ4n) is 5.65. The number of rotatable bonds is 3. The maximum atomic E-state index is 12.9. The van der Waals surface area contributed by atoms with Crippen LogP contribution in [0.25, 0.3) is 21.9 Å². The zero-order chi connectivity index (χ0) is 21.7. The van der Waals surface area contributed by atoms with Crippen molar-refractivity contribution in [3.05, 3.63) is 83.9 Å². The highest BCUT2D eigenvalue weighted by atomic mass is 16.6. The largest absolute Gasteiger partial charge is 0.456 e. The molecular formula is C27H25NO4. The van der Waals surface area contributed by atoms with Crippen molar-refractivity contribution in [2.45, 2.75) is 50.0 Å². The highest BCUT2D eigenvalue weighted by Crippen LogP contribution is 2.48. The number of ether oxygens (including phenoxy) is 1. The number of para-hydroxylation sites is 2. The monoisotopic (exact) mass is 427 g/mol. The number of hydrogen-bond acceptors (Lipinski definition) is 4. The Labute approximate surface area is 186 Å². The minimum atomic E-state index is -1.03. The molecule has 0 radical (unpaired) electrons. The number of piperidine rings is 1. The normalized spacial score (nSPS) is 24.8. The molecule has 2 aliphatic rings. The van der Waals surface area contributed by atoms with Gasteiger partial charge in [-0.3, -0.25) is 0 Å².